The first-order chi connectivity index (χ1) is 17.3. The van der Waals surface area contributed by atoms with Crippen LogP contribution in [0.3, 0.4) is 0 Å². The third kappa shape index (κ3) is 7.38. The molecule has 1 heterocycles. The summed E-state index contributed by atoms with van der Waals surface area (Å²) >= 11 is 1.14. The molecule has 0 unspecified atom stereocenters. The summed E-state index contributed by atoms with van der Waals surface area (Å²) in [5.74, 6) is -0.342. The molecular formula is C25H33N5O5S3. The second kappa shape index (κ2) is 10.4. The molecule has 0 bridgehead atoms. The number of carbonyl (C=O) groups excluding carboxylic acids is 1. The van der Waals surface area contributed by atoms with Crippen molar-refractivity contribution in [2.45, 2.75) is 69.3 Å². The first kappa shape index (κ1) is 29.7. The van der Waals surface area contributed by atoms with Crippen LogP contribution < -0.4 is 20.5 Å². The molecule has 10 nitrogen and oxygen atoms in total. The summed E-state index contributed by atoms with van der Waals surface area (Å²) < 4.78 is 58.4. The van der Waals surface area contributed by atoms with Gasteiger partial charge in [-0.3, -0.25) is 4.79 Å². The molecular weight excluding hydrogens is 547 g/mol. The van der Waals surface area contributed by atoms with Crippen LogP contribution >= 0.6 is 11.3 Å². The van der Waals surface area contributed by atoms with E-state index in [0.717, 1.165) is 11.3 Å². The van der Waals surface area contributed by atoms with E-state index in [4.69, 9.17) is 5.73 Å². The Balaban J connectivity index is 2.18. The van der Waals surface area contributed by atoms with E-state index in [2.05, 4.69) is 19.7 Å². The second-order valence-electron chi connectivity index (χ2n) is 10.9. The van der Waals surface area contributed by atoms with Gasteiger partial charge in [-0.05, 0) is 71.9 Å². The van der Waals surface area contributed by atoms with Crippen LogP contribution in [0.5, 0.6) is 0 Å². The number of aromatic nitrogens is 1. The number of carbonyl (C=O) groups is 1. The molecule has 1 aromatic heterocycles. The van der Waals surface area contributed by atoms with Crippen molar-refractivity contribution in [3.63, 3.8) is 0 Å². The van der Waals surface area contributed by atoms with Gasteiger partial charge in [0, 0.05) is 46.7 Å². The summed E-state index contributed by atoms with van der Waals surface area (Å²) in [4.78, 5) is 16.4. The Kier molecular flexibility index (Phi) is 8.11. The molecule has 13 heteroatoms. The van der Waals surface area contributed by atoms with Gasteiger partial charge in [-0.1, -0.05) is 6.07 Å². The van der Waals surface area contributed by atoms with Gasteiger partial charge in [0.1, 0.15) is 5.01 Å². The quantitative estimate of drug-likeness (QED) is 0.306. The lowest BCUT2D eigenvalue weighted by Gasteiger charge is -2.22. The van der Waals surface area contributed by atoms with Crippen molar-refractivity contribution in [1.29, 1.82) is 0 Å². The number of nitrogens with one attached hydrogen (secondary N) is 3. The number of anilines is 2. The summed E-state index contributed by atoms with van der Waals surface area (Å²) in [6.45, 7) is 11.7. The van der Waals surface area contributed by atoms with Gasteiger partial charge in [0.05, 0.1) is 14.7 Å². The largest absolute Gasteiger partial charge is 0.399 e. The summed E-state index contributed by atoms with van der Waals surface area (Å²) in [7, 11) is -7.97. The van der Waals surface area contributed by atoms with E-state index in [1.807, 2.05) is 0 Å². The van der Waals surface area contributed by atoms with Gasteiger partial charge in [-0.15, -0.1) is 11.3 Å². The van der Waals surface area contributed by atoms with Crippen molar-refractivity contribution in [2.75, 3.05) is 11.1 Å². The highest BCUT2D eigenvalue weighted by molar-refractivity contribution is 7.90. The minimum absolute atomic E-state index is 0.0309. The Labute approximate surface area is 228 Å². The molecule has 0 aliphatic carbocycles. The predicted molar refractivity (Wildman–Crippen MR) is 152 cm³/mol. The van der Waals surface area contributed by atoms with Crippen molar-refractivity contribution in [1.82, 2.24) is 14.4 Å². The van der Waals surface area contributed by atoms with Crippen molar-refractivity contribution in [3.05, 3.63) is 42.6 Å². The molecule has 3 rings (SSSR count). The number of hydrogen-bond acceptors (Lipinski definition) is 8. The number of thiazole rings is 1. The summed E-state index contributed by atoms with van der Waals surface area (Å²) in [5, 5.41) is 2.98. The maximum atomic E-state index is 13.4. The molecule has 0 atom stereocenters. The summed E-state index contributed by atoms with van der Waals surface area (Å²) in [6.07, 6.45) is 1.49. The number of nitrogens with two attached hydrogens (primary N) is 1. The van der Waals surface area contributed by atoms with E-state index in [1.54, 1.807) is 65.8 Å². The van der Waals surface area contributed by atoms with E-state index < -0.39 is 31.1 Å². The van der Waals surface area contributed by atoms with Crippen molar-refractivity contribution >= 4 is 48.7 Å². The van der Waals surface area contributed by atoms with Crippen LogP contribution in [-0.2, 0) is 24.8 Å². The zero-order valence-corrected chi connectivity index (χ0v) is 24.8. The van der Waals surface area contributed by atoms with E-state index in [1.165, 1.54) is 25.3 Å². The van der Waals surface area contributed by atoms with Gasteiger partial charge in [0.25, 0.3) is 0 Å². The monoisotopic (exact) mass is 579 g/mol. The smallest absolute Gasteiger partial charge is 0.241 e. The summed E-state index contributed by atoms with van der Waals surface area (Å²) in [6, 6.07) is 9.10. The van der Waals surface area contributed by atoms with Crippen LogP contribution in [0.25, 0.3) is 21.0 Å². The number of rotatable bonds is 7. The predicted octanol–water partition coefficient (Wildman–Crippen LogP) is 4.17. The van der Waals surface area contributed by atoms with Gasteiger partial charge in [-0.2, -0.15) is 0 Å². The average Bonchev–Trinajstić information content (AvgIpc) is 3.19. The average molecular weight is 580 g/mol. The van der Waals surface area contributed by atoms with Crippen molar-refractivity contribution in [3.8, 4) is 21.0 Å². The fourth-order valence-corrected chi connectivity index (χ4v) is 8.06. The molecule has 1 amide bonds. The van der Waals surface area contributed by atoms with Crippen LogP contribution in [0.15, 0.2) is 52.4 Å². The van der Waals surface area contributed by atoms with Crippen LogP contribution in [0.1, 0.15) is 48.5 Å². The molecule has 0 saturated carbocycles. The number of benzene rings is 2. The van der Waals surface area contributed by atoms with Gasteiger partial charge >= 0.3 is 0 Å². The highest BCUT2D eigenvalue weighted by Crippen LogP contribution is 2.39. The Hall–Kier alpha value is -2.84. The first-order valence-corrected chi connectivity index (χ1v) is 15.4. The maximum absolute atomic E-state index is 13.4. The number of hydrogen-bond donors (Lipinski definition) is 4. The maximum Gasteiger partial charge on any atom is 0.241 e. The zero-order chi connectivity index (χ0) is 28.7. The zero-order valence-electron chi connectivity index (χ0n) is 22.3. The molecule has 38 heavy (non-hydrogen) atoms. The molecule has 3 aromatic rings. The highest BCUT2D eigenvalue weighted by atomic mass is 32.2. The lowest BCUT2D eigenvalue weighted by molar-refractivity contribution is -0.114. The van der Waals surface area contributed by atoms with Crippen LogP contribution in [-0.4, -0.2) is 38.8 Å². The van der Waals surface area contributed by atoms with Crippen LogP contribution in [0, 0.1) is 0 Å². The fraction of sp³-hybridized carbons (Fsp3) is 0.360. The molecule has 0 aliphatic rings. The third-order valence-corrected chi connectivity index (χ3v) is 9.43. The molecule has 0 saturated heterocycles. The Morgan fingerprint density at radius 3 is 1.89 bits per heavy atom. The van der Waals surface area contributed by atoms with E-state index in [0.29, 0.717) is 26.7 Å². The molecule has 2 aromatic carbocycles. The Bertz CT molecular complexity index is 1580. The van der Waals surface area contributed by atoms with E-state index in [-0.39, 0.29) is 21.4 Å². The van der Waals surface area contributed by atoms with Crippen LogP contribution in [0.4, 0.5) is 11.4 Å². The minimum atomic E-state index is -4.01. The fourth-order valence-electron chi connectivity index (χ4n) is 3.61. The Morgan fingerprint density at radius 1 is 0.842 bits per heavy atom. The molecule has 0 fully saturated rings. The van der Waals surface area contributed by atoms with Gasteiger partial charge in [0.2, 0.25) is 26.0 Å². The van der Waals surface area contributed by atoms with Crippen molar-refractivity contribution < 1.29 is 21.6 Å². The van der Waals surface area contributed by atoms with E-state index >= 15 is 0 Å². The number of sulfonamides is 2. The van der Waals surface area contributed by atoms with Crippen LogP contribution in [0.2, 0.25) is 0 Å². The topological polar surface area (TPSA) is 160 Å². The van der Waals surface area contributed by atoms with E-state index in [9.17, 15) is 21.6 Å². The lowest BCUT2D eigenvalue weighted by atomic mass is 10.1. The Morgan fingerprint density at radius 2 is 1.37 bits per heavy atom. The molecule has 0 spiro atoms. The molecule has 0 aliphatic heterocycles. The molecule has 5 N–H and O–H groups in total. The normalized spacial score (nSPS) is 12.9. The lowest BCUT2D eigenvalue weighted by Crippen LogP contribution is -2.40. The highest BCUT2D eigenvalue weighted by Gasteiger charge is 2.29. The van der Waals surface area contributed by atoms with Gasteiger partial charge in [-0.25, -0.2) is 31.3 Å². The standard InChI is InChI=1S/C25H33N5O5S3/c1-15(31)28-17-9-11-18(22(13-17)38(34,35)30-25(5,6)7)20-14-27-23(36-20)19-10-8-16(26)12-21(19)37(32,33)29-24(2,3)4/h8-14,29-30H,26H2,1-7H3,(H,28,31). The number of nitrogens with zero attached hydrogens (tertiary/aromatic N) is 1. The number of nitrogen functional groups attached to an aromatic ring is 1. The van der Waals surface area contributed by atoms with Gasteiger partial charge in [0.15, 0.2) is 0 Å². The summed E-state index contributed by atoms with van der Waals surface area (Å²) in [5.41, 5.74) is 5.71. The first-order valence-electron chi connectivity index (χ1n) is 11.6. The SMILES string of the molecule is CC(=O)Nc1ccc(-c2cnc(-c3ccc(N)cc3S(=O)(=O)NC(C)(C)C)s2)c(S(=O)(=O)NC(C)(C)C)c1. The second-order valence-corrected chi connectivity index (χ2v) is 15.2. The molecule has 206 valence electrons. The number of amides is 1. The minimum Gasteiger partial charge on any atom is -0.399 e. The van der Waals surface area contributed by atoms with Gasteiger partial charge < -0.3 is 11.1 Å². The molecule has 0 radical (unpaired) electrons. The van der Waals surface area contributed by atoms with Crippen molar-refractivity contribution in [2.24, 2.45) is 0 Å². The third-order valence-electron chi connectivity index (χ3n) is 4.77.